The van der Waals surface area contributed by atoms with E-state index in [4.69, 9.17) is 28.9 Å². The molecule has 2 N–H and O–H groups in total. The highest BCUT2D eigenvalue weighted by molar-refractivity contribution is 7.98. The zero-order valence-electron chi connectivity index (χ0n) is 9.46. The molecule has 0 fully saturated rings. The van der Waals surface area contributed by atoms with Gasteiger partial charge < -0.3 is 10.6 Å². The fourth-order valence-corrected chi connectivity index (χ4v) is 2.39. The lowest BCUT2D eigenvalue weighted by atomic mass is 10.2. The monoisotopic (exact) mass is 278 g/mol. The summed E-state index contributed by atoms with van der Waals surface area (Å²) in [5.41, 5.74) is 7.23. The molecule has 0 bridgehead atoms. The smallest absolute Gasteiger partial charge is 0.0693 e. The molecule has 0 spiro atoms. The molecular weight excluding hydrogens is 263 g/mol. The zero-order valence-corrected chi connectivity index (χ0v) is 11.8. The normalized spacial score (nSPS) is 11.1. The van der Waals surface area contributed by atoms with E-state index in [1.54, 1.807) is 0 Å². The Morgan fingerprint density at radius 2 is 1.88 bits per heavy atom. The number of anilines is 1. The first-order valence-corrected chi connectivity index (χ1v) is 7.10. The van der Waals surface area contributed by atoms with Gasteiger partial charge in [0.2, 0.25) is 0 Å². The number of nitrogens with zero attached hydrogens (tertiary/aromatic N) is 1. The second kappa shape index (κ2) is 6.60. The van der Waals surface area contributed by atoms with Crippen LogP contribution in [0, 0.1) is 0 Å². The van der Waals surface area contributed by atoms with Gasteiger partial charge in [-0.3, -0.25) is 0 Å². The third kappa shape index (κ3) is 4.06. The average Bonchev–Trinajstić information content (AvgIpc) is 2.23. The summed E-state index contributed by atoms with van der Waals surface area (Å²) < 4.78 is 0. The van der Waals surface area contributed by atoms with Crippen LogP contribution in [-0.4, -0.2) is 30.5 Å². The minimum absolute atomic E-state index is 0.457. The summed E-state index contributed by atoms with van der Waals surface area (Å²) in [6.07, 6.45) is 2.10. The molecule has 0 aliphatic rings. The molecule has 90 valence electrons. The molecule has 0 saturated carbocycles. The summed E-state index contributed by atoms with van der Waals surface area (Å²) in [6.45, 7) is 1.88. The minimum Gasteiger partial charge on any atom is -0.396 e. The molecule has 0 radical (unpaired) electrons. The molecule has 0 unspecified atom stereocenters. The van der Waals surface area contributed by atoms with Crippen LogP contribution in [0.3, 0.4) is 0 Å². The summed E-state index contributed by atoms with van der Waals surface area (Å²) in [7, 11) is 2.08. The molecule has 16 heavy (non-hydrogen) atoms. The van der Waals surface area contributed by atoms with E-state index in [-0.39, 0.29) is 0 Å². The molecular formula is C11H16Cl2N2S. The number of benzene rings is 1. The number of thioether (sulfide) groups is 1. The molecule has 1 aromatic carbocycles. The van der Waals surface area contributed by atoms with Crippen molar-refractivity contribution in [3.63, 3.8) is 0 Å². The first-order valence-electron chi connectivity index (χ1n) is 4.95. The number of hydrogen-bond acceptors (Lipinski definition) is 3. The summed E-state index contributed by atoms with van der Waals surface area (Å²) in [6, 6.07) is 3.75. The van der Waals surface area contributed by atoms with Crippen LogP contribution >= 0.6 is 35.0 Å². The molecule has 0 heterocycles. The Kier molecular flexibility index (Phi) is 5.76. The van der Waals surface area contributed by atoms with Crippen LogP contribution in [0.2, 0.25) is 10.0 Å². The van der Waals surface area contributed by atoms with E-state index in [1.807, 2.05) is 23.9 Å². The van der Waals surface area contributed by atoms with Crippen molar-refractivity contribution in [2.45, 2.75) is 6.54 Å². The van der Waals surface area contributed by atoms with Gasteiger partial charge in [0, 0.05) is 18.8 Å². The van der Waals surface area contributed by atoms with Crippen LogP contribution in [0.15, 0.2) is 12.1 Å². The summed E-state index contributed by atoms with van der Waals surface area (Å²) in [4.78, 5) is 2.23. The van der Waals surface area contributed by atoms with Gasteiger partial charge in [-0.2, -0.15) is 11.8 Å². The zero-order chi connectivity index (χ0) is 12.1. The van der Waals surface area contributed by atoms with Gasteiger partial charge in [0.1, 0.15) is 0 Å². The van der Waals surface area contributed by atoms with Crippen LogP contribution < -0.4 is 5.73 Å². The number of nitrogens with two attached hydrogens (primary N) is 1. The quantitative estimate of drug-likeness (QED) is 0.838. The van der Waals surface area contributed by atoms with Crippen LogP contribution in [0.5, 0.6) is 0 Å². The molecule has 0 aromatic heterocycles. The van der Waals surface area contributed by atoms with Gasteiger partial charge in [-0.05, 0) is 31.0 Å². The van der Waals surface area contributed by atoms with Gasteiger partial charge in [0.05, 0.1) is 15.7 Å². The Balaban J connectivity index is 2.67. The summed E-state index contributed by atoms with van der Waals surface area (Å²) in [5.74, 6) is 1.12. The topological polar surface area (TPSA) is 29.3 Å². The van der Waals surface area contributed by atoms with Crippen molar-refractivity contribution in [2.24, 2.45) is 0 Å². The van der Waals surface area contributed by atoms with Gasteiger partial charge in [-0.15, -0.1) is 0 Å². The predicted octanol–water partition coefficient (Wildman–Crippen LogP) is 3.37. The van der Waals surface area contributed by atoms with Crippen molar-refractivity contribution in [1.29, 1.82) is 0 Å². The molecule has 0 aliphatic heterocycles. The SMILES string of the molecule is CSCCN(C)Cc1cc(Cl)c(N)c(Cl)c1. The maximum Gasteiger partial charge on any atom is 0.0693 e. The standard InChI is InChI=1S/C11H16Cl2N2S/c1-15(3-4-16-2)7-8-5-9(12)11(14)10(13)6-8/h5-6H,3-4,7,14H2,1-2H3. The van der Waals surface area contributed by atoms with Crippen molar-refractivity contribution in [1.82, 2.24) is 4.90 Å². The minimum atomic E-state index is 0.457. The third-order valence-corrected chi connectivity index (χ3v) is 3.48. The lowest BCUT2D eigenvalue weighted by Gasteiger charge is -2.16. The maximum absolute atomic E-state index is 5.97. The number of rotatable bonds is 5. The Morgan fingerprint density at radius 1 is 1.31 bits per heavy atom. The van der Waals surface area contributed by atoms with Crippen molar-refractivity contribution in [3.05, 3.63) is 27.7 Å². The Hall–Kier alpha value is -0.0900. The van der Waals surface area contributed by atoms with Crippen molar-refractivity contribution in [2.75, 3.05) is 31.3 Å². The van der Waals surface area contributed by atoms with E-state index in [9.17, 15) is 0 Å². The van der Waals surface area contributed by atoms with E-state index in [2.05, 4.69) is 18.2 Å². The summed E-state index contributed by atoms with van der Waals surface area (Å²) in [5, 5.41) is 1.06. The molecule has 0 saturated heterocycles. The molecule has 1 rings (SSSR count). The van der Waals surface area contributed by atoms with E-state index in [0.717, 1.165) is 24.4 Å². The van der Waals surface area contributed by atoms with Gasteiger partial charge in [-0.25, -0.2) is 0 Å². The first-order chi connectivity index (χ1) is 7.54. The fraction of sp³-hybridized carbons (Fsp3) is 0.455. The van der Waals surface area contributed by atoms with Crippen LogP contribution in [0.1, 0.15) is 5.56 Å². The Morgan fingerprint density at radius 3 is 2.38 bits per heavy atom. The fourth-order valence-electron chi connectivity index (χ4n) is 1.37. The Labute approximate surface area is 111 Å². The molecule has 0 amide bonds. The Bertz CT molecular complexity index is 335. The first kappa shape index (κ1) is 14.0. The van der Waals surface area contributed by atoms with Gasteiger partial charge in [0.15, 0.2) is 0 Å². The number of hydrogen-bond donors (Lipinski definition) is 1. The largest absolute Gasteiger partial charge is 0.396 e. The van der Waals surface area contributed by atoms with Crippen molar-refractivity contribution in [3.8, 4) is 0 Å². The number of halogens is 2. The lowest BCUT2D eigenvalue weighted by Crippen LogP contribution is -2.20. The van der Waals surface area contributed by atoms with Crippen molar-refractivity contribution < 1.29 is 0 Å². The molecule has 0 atom stereocenters. The van der Waals surface area contributed by atoms with E-state index in [1.165, 1.54) is 0 Å². The highest BCUT2D eigenvalue weighted by Crippen LogP contribution is 2.29. The predicted molar refractivity (Wildman–Crippen MR) is 75.6 cm³/mol. The van der Waals surface area contributed by atoms with E-state index in [0.29, 0.717) is 15.7 Å². The molecule has 2 nitrogen and oxygen atoms in total. The number of nitrogen functional groups attached to an aromatic ring is 1. The third-order valence-electron chi connectivity index (χ3n) is 2.27. The van der Waals surface area contributed by atoms with E-state index < -0.39 is 0 Å². The van der Waals surface area contributed by atoms with Crippen molar-refractivity contribution >= 4 is 40.7 Å². The molecule has 5 heteroatoms. The van der Waals surface area contributed by atoms with Gasteiger partial charge >= 0.3 is 0 Å². The van der Waals surface area contributed by atoms with Crippen LogP contribution in [0.25, 0.3) is 0 Å². The lowest BCUT2D eigenvalue weighted by molar-refractivity contribution is 0.349. The second-order valence-corrected chi connectivity index (χ2v) is 5.50. The van der Waals surface area contributed by atoms with Crippen LogP contribution in [0.4, 0.5) is 5.69 Å². The highest BCUT2D eigenvalue weighted by Gasteiger charge is 2.06. The van der Waals surface area contributed by atoms with E-state index >= 15 is 0 Å². The second-order valence-electron chi connectivity index (χ2n) is 3.70. The van der Waals surface area contributed by atoms with Gasteiger partial charge in [0.25, 0.3) is 0 Å². The van der Waals surface area contributed by atoms with Gasteiger partial charge in [-0.1, -0.05) is 23.2 Å². The average molecular weight is 279 g/mol. The van der Waals surface area contributed by atoms with Crippen LogP contribution in [-0.2, 0) is 6.54 Å². The maximum atomic E-state index is 5.97. The summed E-state index contributed by atoms with van der Waals surface area (Å²) >= 11 is 13.8. The highest BCUT2D eigenvalue weighted by atomic mass is 35.5. The molecule has 0 aliphatic carbocycles. The molecule has 1 aromatic rings.